The maximum atomic E-state index is 10.0. The number of hydrogen-bond donors (Lipinski definition) is 3. The minimum absolute atomic E-state index is 0.0440. The van der Waals surface area contributed by atoms with Crippen LogP contribution in [0.2, 0.25) is 0 Å². The number of unbranched alkanes of at least 4 members (excludes halogenated alkanes) is 12. The monoisotopic (exact) mass is 414 g/mol. The molecular weight excluding hydrogens is 368 g/mol. The number of rotatable bonds is 18. The highest BCUT2D eigenvalue weighted by Crippen LogP contribution is 2.19. The fourth-order valence-corrected chi connectivity index (χ4v) is 3.77. The summed E-state index contributed by atoms with van der Waals surface area (Å²) in [6, 6.07) is 0. The molecular formula is C24H46O5. The SMILES string of the molecule is CCCC/C=C/CCCCCCCCCCCCO[C@H]1[C@H](O)[C@@H](O)CO[C@@H]1CO. The Bertz CT molecular complexity index is 385. The third-order valence-corrected chi connectivity index (χ3v) is 5.72. The lowest BCUT2D eigenvalue weighted by molar-refractivity contribution is -0.211. The number of aliphatic hydroxyl groups is 3. The molecule has 0 radical (unpaired) electrons. The largest absolute Gasteiger partial charge is 0.394 e. The van der Waals surface area contributed by atoms with Gasteiger partial charge >= 0.3 is 0 Å². The van der Waals surface area contributed by atoms with Crippen molar-refractivity contribution in [1.29, 1.82) is 0 Å². The van der Waals surface area contributed by atoms with Gasteiger partial charge in [-0.1, -0.05) is 83.3 Å². The highest BCUT2D eigenvalue weighted by atomic mass is 16.6. The summed E-state index contributed by atoms with van der Waals surface area (Å²) in [5.74, 6) is 0. The van der Waals surface area contributed by atoms with Crippen molar-refractivity contribution in [2.45, 2.75) is 121 Å². The van der Waals surface area contributed by atoms with Crippen molar-refractivity contribution in [3.63, 3.8) is 0 Å². The zero-order chi connectivity index (χ0) is 21.2. The summed E-state index contributed by atoms with van der Waals surface area (Å²) in [5.41, 5.74) is 0. The number of aliphatic hydroxyl groups excluding tert-OH is 3. The van der Waals surface area contributed by atoms with E-state index in [0.717, 1.165) is 12.8 Å². The molecule has 172 valence electrons. The maximum absolute atomic E-state index is 10.0. The van der Waals surface area contributed by atoms with Crippen LogP contribution in [-0.4, -0.2) is 59.6 Å². The highest BCUT2D eigenvalue weighted by molar-refractivity contribution is 4.87. The van der Waals surface area contributed by atoms with E-state index in [1.165, 1.54) is 77.0 Å². The van der Waals surface area contributed by atoms with Crippen molar-refractivity contribution in [2.75, 3.05) is 19.8 Å². The molecule has 0 aromatic carbocycles. The van der Waals surface area contributed by atoms with Crippen LogP contribution in [0.1, 0.15) is 96.8 Å². The minimum Gasteiger partial charge on any atom is -0.394 e. The van der Waals surface area contributed by atoms with Gasteiger partial charge < -0.3 is 24.8 Å². The molecule has 0 aromatic rings. The lowest BCUT2D eigenvalue weighted by Gasteiger charge is -2.37. The van der Waals surface area contributed by atoms with E-state index >= 15 is 0 Å². The molecule has 5 heteroatoms. The van der Waals surface area contributed by atoms with Crippen LogP contribution in [0, 0.1) is 0 Å². The summed E-state index contributed by atoms with van der Waals surface area (Å²) in [6.07, 6.45) is 19.2. The Morgan fingerprint density at radius 3 is 1.97 bits per heavy atom. The van der Waals surface area contributed by atoms with Crippen LogP contribution in [0.5, 0.6) is 0 Å². The van der Waals surface area contributed by atoms with Gasteiger partial charge in [-0.3, -0.25) is 0 Å². The molecule has 5 nitrogen and oxygen atoms in total. The van der Waals surface area contributed by atoms with Crippen LogP contribution in [0.15, 0.2) is 12.2 Å². The molecule has 0 spiro atoms. The first-order valence-corrected chi connectivity index (χ1v) is 12.1. The van der Waals surface area contributed by atoms with Gasteiger partial charge in [0.25, 0.3) is 0 Å². The van der Waals surface area contributed by atoms with E-state index in [2.05, 4.69) is 19.1 Å². The van der Waals surface area contributed by atoms with Crippen LogP contribution >= 0.6 is 0 Å². The topological polar surface area (TPSA) is 79.2 Å². The summed E-state index contributed by atoms with van der Waals surface area (Å²) in [4.78, 5) is 0. The number of ether oxygens (including phenoxy) is 2. The van der Waals surface area contributed by atoms with Gasteiger partial charge in [-0.2, -0.15) is 0 Å². The molecule has 4 atom stereocenters. The van der Waals surface area contributed by atoms with E-state index in [1.807, 2.05) is 0 Å². The summed E-state index contributed by atoms with van der Waals surface area (Å²) in [5, 5.41) is 29.0. The summed E-state index contributed by atoms with van der Waals surface area (Å²) < 4.78 is 11.0. The van der Waals surface area contributed by atoms with Gasteiger partial charge in [-0.15, -0.1) is 0 Å². The maximum Gasteiger partial charge on any atom is 0.114 e. The van der Waals surface area contributed by atoms with Crippen molar-refractivity contribution in [2.24, 2.45) is 0 Å². The van der Waals surface area contributed by atoms with Gasteiger partial charge in [0.1, 0.15) is 24.4 Å². The highest BCUT2D eigenvalue weighted by Gasteiger charge is 2.39. The van der Waals surface area contributed by atoms with E-state index in [0.29, 0.717) is 6.61 Å². The molecule has 0 saturated carbocycles. The van der Waals surface area contributed by atoms with Crippen molar-refractivity contribution in [3.05, 3.63) is 12.2 Å². The Hall–Kier alpha value is -0.460. The summed E-state index contributed by atoms with van der Waals surface area (Å²) in [7, 11) is 0. The first-order chi connectivity index (χ1) is 14.2. The first-order valence-electron chi connectivity index (χ1n) is 12.1. The Morgan fingerprint density at radius 1 is 0.828 bits per heavy atom. The molecule has 1 aliphatic heterocycles. The van der Waals surface area contributed by atoms with Gasteiger partial charge in [-0.05, 0) is 25.7 Å². The standard InChI is InChI=1S/C24H46O5/c1-2-3-4-5-6-7-8-9-10-11-12-13-14-15-16-17-18-28-24-22(19-25)29-20-21(26)23(24)27/h5-6,21-27H,2-4,7-20H2,1H3/b6-5+/t21-,22+,23+,24+/m0/s1. The van der Waals surface area contributed by atoms with Gasteiger partial charge in [0, 0.05) is 6.61 Å². The van der Waals surface area contributed by atoms with Gasteiger partial charge in [-0.25, -0.2) is 0 Å². The number of hydrogen-bond acceptors (Lipinski definition) is 5. The molecule has 1 fully saturated rings. The second kappa shape index (κ2) is 18.3. The van der Waals surface area contributed by atoms with E-state index in [4.69, 9.17) is 9.47 Å². The fraction of sp³-hybridized carbons (Fsp3) is 0.917. The Balaban J connectivity index is 1.86. The fourth-order valence-electron chi connectivity index (χ4n) is 3.77. The van der Waals surface area contributed by atoms with E-state index in [-0.39, 0.29) is 13.2 Å². The van der Waals surface area contributed by atoms with Crippen LogP contribution in [0.25, 0.3) is 0 Å². The summed E-state index contributed by atoms with van der Waals surface area (Å²) in [6.45, 7) is 2.61. The Morgan fingerprint density at radius 2 is 1.38 bits per heavy atom. The van der Waals surface area contributed by atoms with Crippen molar-refractivity contribution >= 4 is 0 Å². The van der Waals surface area contributed by atoms with Crippen molar-refractivity contribution < 1.29 is 24.8 Å². The molecule has 3 N–H and O–H groups in total. The molecule has 0 aliphatic carbocycles. The Labute approximate surface area is 178 Å². The second-order valence-corrected chi connectivity index (χ2v) is 8.39. The van der Waals surface area contributed by atoms with Gasteiger partial charge in [0.05, 0.1) is 13.2 Å². The predicted molar refractivity (Wildman–Crippen MR) is 118 cm³/mol. The molecule has 0 aromatic heterocycles. The normalized spacial score (nSPS) is 25.1. The van der Waals surface area contributed by atoms with Gasteiger partial charge in [0.15, 0.2) is 0 Å². The molecule has 1 rings (SSSR count). The molecule has 0 unspecified atom stereocenters. The third-order valence-electron chi connectivity index (χ3n) is 5.72. The summed E-state index contributed by atoms with van der Waals surface area (Å²) >= 11 is 0. The zero-order valence-corrected chi connectivity index (χ0v) is 18.6. The van der Waals surface area contributed by atoms with Gasteiger partial charge in [0.2, 0.25) is 0 Å². The average molecular weight is 415 g/mol. The van der Waals surface area contributed by atoms with E-state index in [1.54, 1.807) is 0 Å². The average Bonchev–Trinajstić information content (AvgIpc) is 2.73. The van der Waals surface area contributed by atoms with Crippen molar-refractivity contribution in [1.82, 2.24) is 0 Å². The molecule has 1 heterocycles. The zero-order valence-electron chi connectivity index (χ0n) is 18.6. The van der Waals surface area contributed by atoms with Crippen LogP contribution in [-0.2, 0) is 9.47 Å². The lowest BCUT2D eigenvalue weighted by atomic mass is 10.0. The van der Waals surface area contributed by atoms with E-state index in [9.17, 15) is 15.3 Å². The quantitative estimate of drug-likeness (QED) is 0.227. The minimum atomic E-state index is -0.988. The molecule has 0 amide bonds. The Kier molecular flexibility index (Phi) is 16.8. The smallest absolute Gasteiger partial charge is 0.114 e. The predicted octanol–water partition coefficient (Wildman–Crippen LogP) is 4.52. The molecule has 0 bridgehead atoms. The van der Waals surface area contributed by atoms with Crippen LogP contribution in [0.4, 0.5) is 0 Å². The van der Waals surface area contributed by atoms with E-state index < -0.39 is 24.4 Å². The van der Waals surface area contributed by atoms with Crippen LogP contribution < -0.4 is 0 Å². The lowest BCUT2D eigenvalue weighted by Crippen LogP contribution is -2.55. The number of allylic oxidation sites excluding steroid dienone is 2. The first kappa shape index (κ1) is 26.6. The van der Waals surface area contributed by atoms with Crippen LogP contribution in [0.3, 0.4) is 0 Å². The third kappa shape index (κ3) is 12.7. The molecule has 29 heavy (non-hydrogen) atoms. The van der Waals surface area contributed by atoms with Crippen molar-refractivity contribution in [3.8, 4) is 0 Å². The second-order valence-electron chi connectivity index (χ2n) is 8.39. The molecule has 1 aliphatic rings. The molecule has 1 saturated heterocycles.